The van der Waals surface area contributed by atoms with Gasteiger partial charge in [0, 0.05) is 0 Å². The minimum absolute atomic E-state index is 0.161. The SMILES string of the molecule is Cc1cc(F)cc(N2C(=O)NC(=O)C3(CCCC3)C2=O)c1. The van der Waals surface area contributed by atoms with Gasteiger partial charge in [-0.15, -0.1) is 0 Å². The van der Waals surface area contributed by atoms with Crippen LogP contribution >= 0.6 is 0 Å². The number of carbonyl (C=O) groups excluding carboxylic acids is 3. The molecule has 4 amide bonds. The Kier molecular flexibility index (Phi) is 3.04. The monoisotopic (exact) mass is 290 g/mol. The first-order valence-corrected chi connectivity index (χ1v) is 6.91. The minimum Gasteiger partial charge on any atom is -0.276 e. The number of aryl methyl sites for hydroxylation is 1. The standard InChI is InChI=1S/C15H15FN2O3/c1-9-6-10(16)8-11(7-9)18-13(20)15(4-2-3-5-15)12(19)17-14(18)21/h6-8H,2-5H2,1H3,(H,17,19,21). The number of carbonyl (C=O) groups is 3. The zero-order valence-corrected chi connectivity index (χ0v) is 11.6. The number of amides is 4. The molecule has 6 heteroatoms. The van der Waals surface area contributed by atoms with E-state index in [0.29, 0.717) is 18.4 Å². The second kappa shape index (κ2) is 4.65. The number of imide groups is 2. The van der Waals surface area contributed by atoms with Crippen LogP contribution < -0.4 is 10.2 Å². The molecule has 2 fully saturated rings. The molecule has 1 aliphatic heterocycles. The van der Waals surface area contributed by atoms with Crippen LogP contribution in [0.3, 0.4) is 0 Å². The summed E-state index contributed by atoms with van der Waals surface area (Å²) in [6, 6.07) is 3.18. The largest absolute Gasteiger partial charge is 0.335 e. The van der Waals surface area contributed by atoms with Gasteiger partial charge in [0.25, 0.3) is 5.91 Å². The maximum absolute atomic E-state index is 13.5. The molecule has 1 saturated heterocycles. The van der Waals surface area contributed by atoms with E-state index in [1.54, 1.807) is 13.0 Å². The van der Waals surface area contributed by atoms with Crippen LogP contribution in [0.15, 0.2) is 18.2 Å². The molecule has 110 valence electrons. The summed E-state index contributed by atoms with van der Waals surface area (Å²) in [6.07, 6.45) is 2.39. The van der Waals surface area contributed by atoms with Crippen molar-refractivity contribution < 1.29 is 18.8 Å². The van der Waals surface area contributed by atoms with Crippen molar-refractivity contribution in [2.45, 2.75) is 32.6 Å². The Morgan fingerprint density at radius 3 is 2.43 bits per heavy atom. The third kappa shape index (κ3) is 2.02. The first-order chi connectivity index (χ1) is 9.94. The fourth-order valence-corrected chi connectivity index (χ4v) is 3.18. The highest BCUT2D eigenvalue weighted by atomic mass is 19.1. The molecular formula is C15H15FN2O3. The molecule has 0 unspecified atom stereocenters. The lowest BCUT2D eigenvalue weighted by Gasteiger charge is -2.36. The Morgan fingerprint density at radius 2 is 1.81 bits per heavy atom. The van der Waals surface area contributed by atoms with E-state index in [2.05, 4.69) is 5.32 Å². The lowest BCUT2D eigenvalue weighted by Crippen LogP contribution is -2.63. The van der Waals surface area contributed by atoms with Gasteiger partial charge in [-0.2, -0.15) is 0 Å². The second-order valence-corrected chi connectivity index (χ2v) is 5.68. The van der Waals surface area contributed by atoms with Crippen molar-refractivity contribution >= 4 is 23.5 Å². The molecule has 1 aromatic carbocycles. The fraction of sp³-hybridized carbons (Fsp3) is 0.400. The Balaban J connectivity index is 2.06. The van der Waals surface area contributed by atoms with Crippen LogP contribution in [0.2, 0.25) is 0 Å². The molecule has 0 atom stereocenters. The number of hydrogen-bond donors (Lipinski definition) is 1. The second-order valence-electron chi connectivity index (χ2n) is 5.68. The normalized spacial score (nSPS) is 21.0. The average Bonchev–Trinajstić information content (AvgIpc) is 2.86. The van der Waals surface area contributed by atoms with Gasteiger partial charge in [-0.25, -0.2) is 14.1 Å². The summed E-state index contributed by atoms with van der Waals surface area (Å²) in [5, 5.41) is 2.23. The van der Waals surface area contributed by atoms with Crippen LogP contribution in [0.5, 0.6) is 0 Å². The molecule has 1 N–H and O–H groups in total. The number of urea groups is 1. The van der Waals surface area contributed by atoms with Crippen LogP contribution in [0.4, 0.5) is 14.9 Å². The number of anilines is 1. The van der Waals surface area contributed by atoms with Crippen molar-refractivity contribution in [2.24, 2.45) is 5.41 Å². The number of hydrogen-bond acceptors (Lipinski definition) is 3. The Hall–Kier alpha value is -2.24. The predicted molar refractivity (Wildman–Crippen MR) is 73.1 cm³/mol. The Bertz CT molecular complexity index is 630. The number of barbiturate groups is 1. The summed E-state index contributed by atoms with van der Waals surface area (Å²) >= 11 is 0. The molecule has 3 rings (SSSR count). The smallest absolute Gasteiger partial charge is 0.276 e. The maximum Gasteiger partial charge on any atom is 0.335 e. The number of nitrogens with zero attached hydrogens (tertiary/aromatic N) is 1. The zero-order valence-electron chi connectivity index (χ0n) is 11.6. The van der Waals surface area contributed by atoms with Gasteiger partial charge >= 0.3 is 6.03 Å². The van der Waals surface area contributed by atoms with Crippen molar-refractivity contribution in [3.63, 3.8) is 0 Å². The number of benzene rings is 1. The van der Waals surface area contributed by atoms with Crippen molar-refractivity contribution in [3.05, 3.63) is 29.6 Å². The summed E-state index contributed by atoms with van der Waals surface area (Å²) in [6.45, 7) is 1.68. The number of nitrogens with one attached hydrogen (secondary N) is 1. The highest BCUT2D eigenvalue weighted by molar-refractivity contribution is 6.30. The van der Waals surface area contributed by atoms with E-state index >= 15 is 0 Å². The van der Waals surface area contributed by atoms with Crippen molar-refractivity contribution in [2.75, 3.05) is 4.90 Å². The first kappa shape index (κ1) is 13.7. The van der Waals surface area contributed by atoms with Crippen molar-refractivity contribution in [3.8, 4) is 0 Å². The third-order valence-electron chi connectivity index (χ3n) is 4.21. The van der Waals surface area contributed by atoms with E-state index in [9.17, 15) is 18.8 Å². The zero-order chi connectivity index (χ0) is 15.2. The van der Waals surface area contributed by atoms with Crippen LogP contribution in [0.1, 0.15) is 31.2 Å². The molecule has 0 bridgehead atoms. The average molecular weight is 290 g/mol. The molecular weight excluding hydrogens is 275 g/mol. The van der Waals surface area contributed by atoms with Gasteiger partial charge in [-0.05, 0) is 43.5 Å². The topological polar surface area (TPSA) is 66.5 Å². The Morgan fingerprint density at radius 1 is 1.14 bits per heavy atom. The van der Waals surface area contributed by atoms with E-state index in [1.165, 1.54) is 6.07 Å². The lowest BCUT2D eigenvalue weighted by molar-refractivity contribution is -0.142. The molecule has 5 nitrogen and oxygen atoms in total. The van der Waals surface area contributed by atoms with Crippen molar-refractivity contribution in [1.29, 1.82) is 0 Å². The third-order valence-corrected chi connectivity index (χ3v) is 4.21. The molecule has 1 heterocycles. The van der Waals surface area contributed by atoms with Crippen LogP contribution in [0.25, 0.3) is 0 Å². The summed E-state index contributed by atoms with van der Waals surface area (Å²) in [5.74, 6) is -1.60. The summed E-state index contributed by atoms with van der Waals surface area (Å²) in [4.78, 5) is 37.7. The van der Waals surface area contributed by atoms with Crippen molar-refractivity contribution in [1.82, 2.24) is 5.32 Å². The molecule has 1 spiro atoms. The highest BCUT2D eigenvalue weighted by Gasteiger charge is 2.55. The molecule has 0 aromatic heterocycles. The van der Waals surface area contributed by atoms with E-state index in [1.807, 2.05) is 0 Å². The van der Waals surface area contributed by atoms with Gasteiger partial charge in [-0.1, -0.05) is 12.8 Å². The lowest BCUT2D eigenvalue weighted by atomic mass is 9.82. The summed E-state index contributed by atoms with van der Waals surface area (Å²) < 4.78 is 13.5. The molecule has 1 saturated carbocycles. The summed E-state index contributed by atoms with van der Waals surface area (Å²) in [7, 11) is 0. The quantitative estimate of drug-likeness (QED) is 0.807. The van der Waals surface area contributed by atoms with Crippen LogP contribution in [-0.4, -0.2) is 17.8 Å². The molecule has 1 aromatic rings. The van der Waals surface area contributed by atoms with Gasteiger partial charge in [-0.3, -0.25) is 14.9 Å². The van der Waals surface area contributed by atoms with E-state index in [-0.39, 0.29) is 5.69 Å². The molecule has 0 radical (unpaired) electrons. The minimum atomic E-state index is -1.17. The fourth-order valence-electron chi connectivity index (χ4n) is 3.18. The highest BCUT2D eigenvalue weighted by Crippen LogP contribution is 2.42. The van der Waals surface area contributed by atoms with Gasteiger partial charge in [0.1, 0.15) is 11.2 Å². The molecule has 1 aliphatic carbocycles. The summed E-state index contributed by atoms with van der Waals surface area (Å²) in [5.41, 5.74) is -0.412. The van der Waals surface area contributed by atoms with E-state index < -0.39 is 29.1 Å². The molecule has 2 aliphatic rings. The molecule has 21 heavy (non-hydrogen) atoms. The van der Waals surface area contributed by atoms with Crippen LogP contribution in [-0.2, 0) is 9.59 Å². The van der Waals surface area contributed by atoms with E-state index in [0.717, 1.165) is 23.8 Å². The van der Waals surface area contributed by atoms with E-state index in [4.69, 9.17) is 0 Å². The maximum atomic E-state index is 13.5. The van der Waals surface area contributed by atoms with Gasteiger partial charge in [0.2, 0.25) is 5.91 Å². The first-order valence-electron chi connectivity index (χ1n) is 6.91. The Labute approximate surface area is 121 Å². The van der Waals surface area contributed by atoms with Gasteiger partial charge in [0.05, 0.1) is 5.69 Å². The van der Waals surface area contributed by atoms with Gasteiger partial charge in [0.15, 0.2) is 0 Å². The number of rotatable bonds is 1. The number of halogens is 1. The predicted octanol–water partition coefficient (Wildman–Crippen LogP) is 2.28. The van der Waals surface area contributed by atoms with Gasteiger partial charge < -0.3 is 0 Å². The van der Waals surface area contributed by atoms with Crippen LogP contribution in [0, 0.1) is 18.2 Å².